The van der Waals surface area contributed by atoms with E-state index in [1.807, 2.05) is 0 Å². The molecule has 2 aromatic carbocycles. The minimum Gasteiger partial charge on any atom is -0.276 e. The van der Waals surface area contributed by atoms with Gasteiger partial charge < -0.3 is 0 Å². The second-order valence-electron chi connectivity index (χ2n) is 7.05. The summed E-state index contributed by atoms with van der Waals surface area (Å²) in [6.45, 7) is 0. The molecule has 0 radical (unpaired) electrons. The van der Waals surface area contributed by atoms with Crippen molar-refractivity contribution in [3.63, 3.8) is 0 Å². The summed E-state index contributed by atoms with van der Waals surface area (Å²) in [6.07, 6.45) is 0. The van der Waals surface area contributed by atoms with Crippen molar-refractivity contribution in [3.05, 3.63) is 101 Å². The molecule has 0 unspecified atom stereocenters. The van der Waals surface area contributed by atoms with Crippen LogP contribution >= 0.6 is 45.9 Å². The Morgan fingerprint density at radius 1 is 0.529 bits per heavy atom. The van der Waals surface area contributed by atoms with Crippen molar-refractivity contribution in [3.8, 4) is 11.4 Å². The van der Waals surface area contributed by atoms with Gasteiger partial charge in [-0.25, -0.2) is 9.13 Å². The number of halogens is 2. The number of nitrogens with zero attached hydrogens (tertiary/aromatic N) is 2. The van der Waals surface area contributed by atoms with E-state index in [0.717, 1.165) is 31.8 Å². The highest BCUT2D eigenvalue weighted by atomic mass is 35.5. The quantitative estimate of drug-likeness (QED) is 0.329. The minimum absolute atomic E-state index is 0.0392. The summed E-state index contributed by atoms with van der Waals surface area (Å²) in [6, 6.07) is 11.2. The van der Waals surface area contributed by atoms with Crippen LogP contribution < -0.4 is 22.2 Å². The second kappa shape index (κ2) is 8.10. The molecule has 0 saturated carbocycles. The number of hydrogen-bond donors (Lipinski definition) is 0. The van der Waals surface area contributed by atoms with E-state index in [4.69, 9.17) is 23.2 Å². The number of carbonyl (C=O) groups is 2. The number of hydrogen-bond acceptors (Lipinski definition) is 8. The van der Waals surface area contributed by atoms with E-state index in [1.54, 1.807) is 0 Å². The Kier molecular flexibility index (Phi) is 5.33. The smallest absolute Gasteiger partial charge is 0.276 e. The Hall–Kier alpha value is -3.44. The third-order valence-corrected chi connectivity index (χ3v) is 8.14. The van der Waals surface area contributed by atoms with Gasteiger partial charge in [0.05, 0.1) is 11.4 Å². The lowest BCUT2D eigenvalue weighted by molar-refractivity contribution is 0.107. The molecule has 0 saturated heterocycles. The van der Waals surface area contributed by atoms with Gasteiger partial charge in [-0.2, -0.15) is 0 Å². The van der Waals surface area contributed by atoms with Crippen LogP contribution in [-0.2, 0) is 0 Å². The first-order chi connectivity index (χ1) is 16.2. The van der Waals surface area contributed by atoms with Crippen LogP contribution in [0.4, 0.5) is 0 Å². The summed E-state index contributed by atoms with van der Waals surface area (Å²) < 4.78 is 2.00. The Labute approximate surface area is 205 Å². The number of benzene rings is 2. The van der Waals surface area contributed by atoms with Gasteiger partial charge in [0.1, 0.15) is 18.8 Å². The molecule has 3 heterocycles. The molecule has 0 spiro atoms. The number of carbonyl (C=O) groups excluding carboxylic acids is 2. The molecule has 12 heteroatoms. The van der Waals surface area contributed by atoms with E-state index in [9.17, 15) is 28.8 Å². The first-order valence-electron chi connectivity index (χ1n) is 9.40. The van der Waals surface area contributed by atoms with Gasteiger partial charge in [-0.15, -0.1) is 22.7 Å². The molecule has 0 aliphatic heterocycles. The van der Waals surface area contributed by atoms with Crippen LogP contribution in [0.3, 0.4) is 0 Å². The fraction of sp³-hybridized carbons (Fsp3) is 0. The Morgan fingerprint density at radius 2 is 0.794 bits per heavy atom. The zero-order valence-corrected chi connectivity index (χ0v) is 19.7. The maximum Gasteiger partial charge on any atom is 0.277 e. The molecular weight excluding hydrogens is 523 g/mol. The molecular formula is C22H8Cl2N2O6S2. The molecule has 168 valence electrons. The lowest BCUT2D eigenvalue weighted by Gasteiger charge is -2.00. The fourth-order valence-electron chi connectivity index (χ4n) is 3.50. The number of fused-ring (bicyclic) bond motifs is 2. The molecule has 0 aliphatic carbocycles. The lowest BCUT2D eigenvalue weighted by atomic mass is 10.2. The highest BCUT2D eigenvalue weighted by Gasteiger charge is 2.22. The Morgan fingerprint density at radius 3 is 1.03 bits per heavy atom. The van der Waals surface area contributed by atoms with Crippen LogP contribution in [0.2, 0.25) is 0 Å². The number of rotatable bonds is 4. The first kappa shape index (κ1) is 22.4. The SMILES string of the molecule is O=C(Cl)c1ccc(-n2c(=O)c3sc4c(=O)n(-c5ccc(C(=O)Cl)cc5)c(=O)c4sc3c2=O)cc1. The van der Waals surface area contributed by atoms with Gasteiger partial charge in [-0.1, -0.05) is 0 Å². The largest absolute Gasteiger partial charge is 0.277 e. The molecule has 3 aromatic heterocycles. The summed E-state index contributed by atoms with van der Waals surface area (Å²) in [5.41, 5.74) is -1.72. The van der Waals surface area contributed by atoms with Gasteiger partial charge in [0.25, 0.3) is 32.7 Å². The average Bonchev–Trinajstić information content (AvgIpc) is 3.22. The summed E-state index contributed by atoms with van der Waals surface area (Å²) in [5.74, 6) is 0. The van der Waals surface area contributed by atoms with Crippen LogP contribution in [-0.4, -0.2) is 19.6 Å². The summed E-state index contributed by atoms with van der Waals surface area (Å²) in [5, 5.41) is -1.36. The Bertz CT molecular complexity index is 1670. The van der Waals surface area contributed by atoms with Crippen molar-refractivity contribution in [1.82, 2.24) is 9.13 Å². The molecule has 0 N–H and O–H groups in total. The van der Waals surface area contributed by atoms with Crippen LogP contribution in [0, 0.1) is 0 Å². The zero-order chi connectivity index (χ0) is 24.3. The van der Waals surface area contributed by atoms with E-state index < -0.39 is 32.7 Å². The third-order valence-electron chi connectivity index (χ3n) is 5.11. The highest BCUT2D eigenvalue weighted by Crippen LogP contribution is 2.27. The van der Waals surface area contributed by atoms with Gasteiger partial charge in [0.15, 0.2) is 0 Å². The fourth-order valence-corrected chi connectivity index (χ4v) is 6.09. The standard InChI is InChI=1S/C22H8Cl2N2O6S2/c23-17(27)9-1-5-11(6-2-9)25-19(29)13-14(20(25)30)34-16-15(33-13)21(31)26(22(16)32)12-7-3-10(4-8-12)18(24)28/h1-8H. The Balaban J connectivity index is 1.73. The van der Waals surface area contributed by atoms with Crippen LogP contribution in [0.15, 0.2) is 67.7 Å². The van der Waals surface area contributed by atoms with E-state index in [2.05, 4.69) is 0 Å². The molecule has 0 amide bonds. The minimum atomic E-state index is -0.680. The van der Waals surface area contributed by atoms with Crippen molar-refractivity contribution < 1.29 is 9.59 Å². The number of aromatic nitrogens is 2. The maximum absolute atomic E-state index is 13.0. The van der Waals surface area contributed by atoms with Crippen molar-refractivity contribution in [2.24, 2.45) is 0 Å². The van der Waals surface area contributed by atoms with Crippen LogP contribution in [0.5, 0.6) is 0 Å². The molecule has 5 aromatic rings. The van der Waals surface area contributed by atoms with E-state index in [0.29, 0.717) is 0 Å². The predicted octanol–water partition coefficient (Wildman–Crippen LogP) is 3.33. The molecule has 0 atom stereocenters. The maximum atomic E-state index is 13.0. The predicted molar refractivity (Wildman–Crippen MR) is 132 cm³/mol. The van der Waals surface area contributed by atoms with E-state index in [1.165, 1.54) is 48.5 Å². The lowest BCUT2D eigenvalue weighted by Crippen LogP contribution is -2.23. The van der Waals surface area contributed by atoms with Crippen molar-refractivity contribution in [2.45, 2.75) is 0 Å². The summed E-state index contributed by atoms with van der Waals surface area (Å²) in [7, 11) is 0. The van der Waals surface area contributed by atoms with Gasteiger partial charge >= 0.3 is 0 Å². The van der Waals surface area contributed by atoms with E-state index >= 15 is 0 Å². The van der Waals surface area contributed by atoms with Crippen LogP contribution in [0.1, 0.15) is 20.7 Å². The van der Waals surface area contributed by atoms with Crippen molar-refractivity contribution in [1.29, 1.82) is 0 Å². The van der Waals surface area contributed by atoms with Gasteiger partial charge in [-0.05, 0) is 71.7 Å². The second-order valence-corrected chi connectivity index (χ2v) is 9.78. The normalized spacial score (nSPS) is 11.4. The zero-order valence-electron chi connectivity index (χ0n) is 16.5. The highest BCUT2D eigenvalue weighted by molar-refractivity contribution is 7.36. The monoisotopic (exact) mass is 530 g/mol. The molecule has 0 bridgehead atoms. The van der Waals surface area contributed by atoms with Gasteiger partial charge in [0.2, 0.25) is 0 Å². The molecule has 34 heavy (non-hydrogen) atoms. The van der Waals surface area contributed by atoms with Crippen molar-refractivity contribution >= 4 is 75.2 Å². The first-order valence-corrected chi connectivity index (χ1v) is 11.8. The molecule has 0 fully saturated rings. The van der Waals surface area contributed by atoms with E-state index in [-0.39, 0.29) is 41.3 Å². The molecule has 8 nitrogen and oxygen atoms in total. The average molecular weight is 531 g/mol. The van der Waals surface area contributed by atoms with Gasteiger partial charge in [0, 0.05) is 11.1 Å². The summed E-state index contributed by atoms with van der Waals surface area (Å²) in [4.78, 5) is 74.7. The summed E-state index contributed by atoms with van der Waals surface area (Å²) >= 11 is 12.4. The molecule has 0 aliphatic rings. The third kappa shape index (κ3) is 3.34. The van der Waals surface area contributed by atoms with Crippen LogP contribution in [0.25, 0.3) is 30.2 Å². The van der Waals surface area contributed by atoms with Crippen molar-refractivity contribution in [2.75, 3.05) is 0 Å². The molecule has 5 rings (SSSR count). The topological polar surface area (TPSA) is 112 Å². The van der Waals surface area contributed by atoms with Gasteiger partial charge in [-0.3, -0.25) is 28.8 Å².